The van der Waals surface area contributed by atoms with Gasteiger partial charge < -0.3 is 10.0 Å². The Kier molecular flexibility index (Phi) is 2.97. The molecule has 1 saturated heterocycles. The standard InChI is InChI=1S/C7H11F2NO2/c8-6(9)7(12)10-2-1-5(3-10)4-11/h5-6,11H,1-4H2. The predicted octanol–water partition coefficient (Wildman–Crippen LogP) is 0.0923. The zero-order chi connectivity index (χ0) is 9.14. The predicted molar refractivity (Wildman–Crippen MR) is 37.8 cm³/mol. The minimum Gasteiger partial charge on any atom is -0.396 e. The summed E-state index contributed by atoms with van der Waals surface area (Å²) in [6.45, 7) is 0.571. The van der Waals surface area contributed by atoms with Crippen molar-refractivity contribution in [3.63, 3.8) is 0 Å². The molecule has 1 amide bonds. The molecule has 1 fully saturated rings. The number of amides is 1. The number of aliphatic hydroxyl groups excluding tert-OH is 1. The number of hydrogen-bond acceptors (Lipinski definition) is 2. The van der Waals surface area contributed by atoms with Crippen LogP contribution in [0.25, 0.3) is 0 Å². The van der Waals surface area contributed by atoms with Gasteiger partial charge in [-0.3, -0.25) is 4.79 Å². The van der Waals surface area contributed by atoms with Crippen molar-refractivity contribution < 1.29 is 18.7 Å². The summed E-state index contributed by atoms with van der Waals surface area (Å²) in [5.41, 5.74) is 0. The fourth-order valence-corrected chi connectivity index (χ4v) is 1.32. The number of carbonyl (C=O) groups excluding carboxylic acids is 1. The average molecular weight is 179 g/mol. The summed E-state index contributed by atoms with van der Waals surface area (Å²) < 4.78 is 23.7. The molecule has 5 heteroatoms. The van der Waals surface area contributed by atoms with E-state index >= 15 is 0 Å². The minimum atomic E-state index is -2.91. The van der Waals surface area contributed by atoms with E-state index in [1.807, 2.05) is 0 Å². The van der Waals surface area contributed by atoms with Crippen LogP contribution >= 0.6 is 0 Å². The molecule has 0 bridgehead atoms. The Morgan fingerprint density at radius 2 is 2.33 bits per heavy atom. The number of rotatable bonds is 2. The van der Waals surface area contributed by atoms with Gasteiger partial charge in [0.15, 0.2) is 0 Å². The van der Waals surface area contributed by atoms with Crippen LogP contribution in [0, 0.1) is 5.92 Å². The van der Waals surface area contributed by atoms with Crippen LogP contribution in [0.1, 0.15) is 6.42 Å². The van der Waals surface area contributed by atoms with Crippen LogP contribution < -0.4 is 0 Å². The second kappa shape index (κ2) is 3.80. The molecule has 1 N–H and O–H groups in total. The molecule has 0 aromatic carbocycles. The number of halogens is 2. The van der Waals surface area contributed by atoms with Gasteiger partial charge in [-0.25, -0.2) is 0 Å². The lowest BCUT2D eigenvalue weighted by Crippen LogP contribution is -2.33. The van der Waals surface area contributed by atoms with Crippen molar-refractivity contribution in [3.05, 3.63) is 0 Å². The number of nitrogens with zero attached hydrogens (tertiary/aromatic N) is 1. The molecule has 1 unspecified atom stereocenters. The van der Waals surface area contributed by atoms with E-state index in [4.69, 9.17) is 5.11 Å². The third kappa shape index (κ3) is 1.91. The Bertz CT molecular complexity index is 175. The van der Waals surface area contributed by atoms with Crippen LogP contribution in [0.5, 0.6) is 0 Å². The van der Waals surface area contributed by atoms with Crippen molar-refractivity contribution in [1.82, 2.24) is 4.90 Å². The highest BCUT2D eigenvalue weighted by molar-refractivity contribution is 5.79. The second-order valence-corrected chi connectivity index (χ2v) is 2.92. The van der Waals surface area contributed by atoms with Gasteiger partial charge in [0.05, 0.1) is 0 Å². The lowest BCUT2D eigenvalue weighted by atomic mass is 10.1. The van der Waals surface area contributed by atoms with Crippen LogP contribution in [-0.2, 0) is 4.79 Å². The van der Waals surface area contributed by atoms with E-state index in [9.17, 15) is 13.6 Å². The highest BCUT2D eigenvalue weighted by Gasteiger charge is 2.30. The third-order valence-corrected chi connectivity index (χ3v) is 2.04. The highest BCUT2D eigenvalue weighted by atomic mass is 19.3. The summed E-state index contributed by atoms with van der Waals surface area (Å²) in [5, 5.41) is 8.68. The molecule has 0 saturated carbocycles. The van der Waals surface area contributed by atoms with E-state index in [0.717, 1.165) is 4.90 Å². The zero-order valence-corrected chi connectivity index (χ0v) is 6.54. The van der Waals surface area contributed by atoms with Gasteiger partial charge in [-0.1, -0.05) is 0 Å². The molecule has 0 spiro atoms. The first-order valence-electron chi connectivity index (χ1n) is 3.83. The fraction of sp³-hybridized carbons (Fsp3) is 0.857. The van der Waals surface area contributed by atoms with Gasteiger partial charge in [0.25, 0.3) is 5.91 Å². The van der Waals surface area contributed by atoms with Gasteiger partial charge in [0, 0.05) is 25.6 Å². The van der Waals surface area contributed by atoms with Crippen LogP contribution in [-0.4, -0.2) is 42.0 Å². The van der Waals surface area contributed by atoms with E-state index in [-0.39, 0.29) is 19.1 Å². The number of hydrogen-bond donors (Lipinski definition) is 1. The van der Waals surface area contributed by atoms with Crippen molar-refractivity contribution in [1.29, 1.82) is 0 Å². The molecule has 0 aliphatic carbocycles. The van der Waals surface area contributed by atoms with E-state index in [1.54, 1.807) is 0 Å². The molecule has 0 aromatic heterocycles. The van der Waals surface area contributed by atoms with Crippen LogP contribution in [0.15, 0.2) is 0 Å². The lowest BCUT2D eigenvalue weighted by Gasteiger charge is -2.14. The topological polar surface area (TPSA) is 40.5 Å². The number of aliphatic hydroxyl groups is 1. The van der Waals surface area contributed by atoms with Crippen molar-refractivity contribution in [3.8, 4) is 0 Å². The van der Waals surface area contributed by atoms with Crippen molar-refractivity contribution in [2.75, 3.05) is 19.7 Å². The highest BCUT2D eigenvalue weighted by Crippen LogP contribution is 2.16. The van der Waals surface area contributed by atoms with Gasteiger partial charge in [-0.15, -0.1) is 0 Å². The number of carbonyl (C=O) groups is 1. The number of alkyl halides is 2. The third-order valence-electron chi connectivity index (χ3n) is 2.04. The lowest BCUT2D eigenvalue weighted by molar-refractivity contribution is -0.141. The van der Waals surface area contributed by atoms with Crippen LogP contribution in [0.3, 0.4) is 0 Å². The SMILES string of the molecule is O=C(C(F)F)N1CCC(CO)C1. The molecule has 70 valence electrons. The molecule has 1 atom stereocenters. The molecule has 0 radical (unpaired) electrons. The van der Waals surface area contributed by atoms with Gasteiger partial charge in [0.2, 0.25) is 0 Å². The summed E-state index contributed by atoms with van der Waals surface area (Å²) >= 11 is 0. The monoisotopic (exact) mass is 179 g/mol. The summed E-state index contributed by atoms with van der Waals surface area (Å²) in [7, 11) is 0. The summed E-state index contributed by atoms with van der Waals surface area (Å²) in [5.74, 6) is -1.14. The van der Waals surface area contributed by atoms with Crippen molar-refractivity contribution in [2.24, 2.45) is 5.92 Å². The summed E-state index contributed by atoms with van der Waals surface area (Å²) in [6.07, 6.45) is -2.29. The van der Waals surface area contributed by atoms with Crippen LogP contribution in [0.2, 0.25) is 0 Å². The minimum absolute atomic E-state index is 0.0206. The van der Waals surface area contributed by atoms with Crippen molar-refractivity contribution in [2.45, 2.75) is 12.8 Å². The van der Waals surface area contributed by atoms with E-state index in [0.29, 0.717) is 13.0 Å². The molecule has 1 aliphatic heterocycles. The maximum Gasteiger partial charge on any atom is 0.315 e. The first-order valence-corrected chi connectivity index (χ1v) is 3.83. The van der Waals surface area contributed by atoms with Crippen molar-refractivity contribution >= 4 is 5.91 Å². The normalized spacial score (nSPS) is 23.7. The largest absolute Gasteiger partial charge is 0.396 e. The molecule has 1 heterocycles. The van der Waals surface area contributed by atoms with Crippen LogP contribution in [0.4, 0.5) is 8.78 Å². The Hall–Kier alpha value is -0.710. The Labute approximate surface area is 69.0 Å². The Morgan fingerprint density at radius 3 is 2.75 bits per heavy atom. The molecular formula is C7H11F2NO2. The average Bonchev–Trinajstić information content (AvgIpc) is 2.50. The van der Waals surface area contributed by atoms with Gasteiger partial charge in [-0.2, -0.15) is 8.78 Å². The Balaban J connectivity index is 2.41. The molecule has 0 aromatic rings. The fourth-order valence-electron chi connectivity index (χ4n) is 1.32. The maximum atomic E-state index is 11.9. The molecule has 1 aliphatic rings. The smallest absolute Gasteiger partial charge is 0.315 e. The number of likely N-dealkylation sites (tertiary alicyclic amines) is 1. The summed E-state index contributed by atoms with van der Waals surface area (Å²) in [4.78, 5) is 11.8. The van der Waals surface area contributed by atoms with Gasteiger partial charge in [-0.05, 0) is 6.42 Å². The molecule has 1 rings (SSSR count). The first-order chi connectivity index (χ1) is 5.65. The zero-order valence-electron chi connectivity index (χ0n) is 6.54. The van der Waals surface area contributed by atoms with E-state index in [2.05, 4.69) is 0 Å². The maximum absolute atomic E-state index is 11.9. The molecule has 3 nitrogen and oxygen atoms in total. The second-order valence-electron chi connectivity index (χ2n) is 2.92. The van der Waals surface area contributed by atoms with Gasteiger partial charge >= 0.3 is 6.43 Å². The van der Waals surface area contributed by atoms with E-state index in [1.165, 1.54) is 0 Å². The first kappa shape index (κ1) is 9.38. The quantitative estimate of drug-likeness (QED) is 0.652. The van der Waals surface area contributed by atoms with E-state index < -0.39 is 12.3 Å². The summed E-state index contributed by atoms with van der Waals surface area (Å²) in [6, 6.07) is 0. The van der Waals surface area contributed by atoms with Gasteiger partial charge in [0.1, 0.15) is 0 Å². The Morgan fingerprint density at radius 1 is 1.67 bits per heavy atom. The molecule has 12 heavy (non-hydrogen) atoms. The molecular weight excluding hydrogens is 168 g/mol.